The molecule has 1 rings (SSSR count). The Kier molecular flexibility index (Phi) is 4.94. The maximum absolute atomic E-state index is 11.5. The quantitative estimate of drug-likeness (QED) is 0.610. The van der Waals surface area contributed by atoms with Crippen LogP contribution >= 0.6 is 0 Å². The van der Waals surface area contributed by atoms with Gasteiger partial charge >= 0.3 is 5.97 Å². The molecule has 94 valence electrons. The monoisotopic (exact) mass is 236 g/mol. The number of nitrogens with zero attached hydrogens (tertiary/aromatic N) is 1. The summed E-state index contributed by atoms with van der Waals surface area (Å²) in [7, 11) is 0. The summed E-state index contributed by atoms with van der Waals surface area (Å²) in [5.41, 5.74) is 1.27. The van der Waals surface area contributed by atoms with Crippen molar-refractivity contribution in [1.82, 2.24) is 9.97 Å². The SMILES string of the molecule is C=C(C)C(=O)OC(CC)c1cnc(CCC)[nH]1. The zero-order chi connectivity index (χ0) is 12.8. The Hall–Kier alpha value is -1.58. The lowest BCUT2D eigenvalue weighted by Crippen LogP contribution is -2.11. The van der Waals surface area contributed by atoms with E-state index in [1.165, 1.54) is 0 Å². The summed E-state index contributed by atoms with van der Waals surface area (Å²) in [5.74, 6) is 0.579. The van der Waals surface area contributed by atoms with Crippen LogP contribution in [0.3, 0.4) is 0 Å². The first-order chi connectivity index (χ1) is 8.08. The van der Waals surface area contributed by atoms with Gasteiger partial charge in [-0.2, -0.15) is 0 Å². The Balaban J connectivity index is 2.72. The summed E-state index contributed by atoms with van der Waals surface area (Å²) >= 11 is 0. The number of hydrogen-bond acceptors (Lipinski definition) is 3. The first-order valence-corrected chi connectivity index (χ1v) is 5.98. The van der Waals surface area contributed by atoms with Crippen LogP contribution in [-0.2, 0) is 16.0 Å². The van der Waals surface area contributed by atoms with Crippen LogP contribution in [0.15, 0.2) is 18.3 Å². The lowest BCUT2D eigenvalue weighted by Gasteiger charge is -2.14. The van der Waals surface area contributed by atoms with Gasteiger partial charge in [0.15, 0.2) is 0 Å². The number of aryl methyl sites for hydroxylation is 1. The Labute approximate surface area is 102 Å². The normalized spacial score (nSPS) is 12.2. The lowest BCUT2D eigenvalue weighted by molar-refractivity contribution is -0.144. The predicted octanol–water partition coefficient (Wildman–Crippen LogP) is 2.93. The number of rotatable bonds is 6. The van der Waals surface area contributed by atoms with Gasteiger partial charge in [0.2, 0.25) is 0 Å². The van der Waals surface area contributed by atoms with Gasteiger partial charge in [-0.3, -0.25) is 0 Å². The molecule has 17 heavy (non-hydrogen) atoms. The first kappa shape index (κ1) is 13.5. The molecule has 0 radical (unpaired) electrons. The highest BCUT2D eigenvalue weighted by molar-refractivity contribution is 5.87. The third-order valence-corrected chi connectivity index (χ3v) is 2.45. The molecule has 4 nitrogen and oxygen atoms in total. The number of esters is 1. The molecular formula is C13H20N2O2. The molecule has 1 aromatic rings. The fraction of sp³-hybridized carbons (Fsp3) is 0.538. The summed E-state index contributed by atoms with van der Waals surface area (Å²) in [6, 6.07) is 0. The maximum atomic E-state index is 11.5. The number of nitrogens with one attached hydrogen (secondary N) is 1. The van der Waals surface area contributed by atoms with Gasteiger partial charge in [-0.15, -0.1) is 0 Å². The highest BCUT2D eigenvalue weighted by Gasteiger charge is 2.17. The molecule has 0 saturated heterocycles. The molecule has 0 saturated carbocycles. The molecule has 0 spiro atoms. The number of aromatic nitrogens is 2. The van der Waals surface area contributed by atoms with Gasteiger partial charge in [0, 0.05) is 12.0 Å². The number of aromatic amines is 1. The average Bonchev–Trinajstić information content (AvgIpc) is 2.74. The van der Waals surface area contributed by atoms with Gasteiger partial charge in [-0.05, 0) is 19.8 Å². The third kappa shape index (κ3) is 3.73. The van der Waals surface area contributed by atoms with Gasteiger partial charge in [-0.25, -0.2) is 9.78 Å². The van der Waals surface area contributed by atoms with Gasteiger partial charge in [0.05, 0.1) is 11.9 Å². The fourth-order valence-electron chi connectivity index (χ4n) is 1.50. The minimum absolute atomic E-state index is 0.266. The highest BCUT2D eigenvalue weighted by Crippen LogP contribution is 2.20. The van der Waals surface area contributed by atoms with E-state index in [0.717, 1.165) is 24.4 Å². The Morgan fingerprint density at radius 2 is 2.29 bits per heavy atom. The summed E-state index contributed by atoms with van der Waals surface area (Å²) < 4.78 is 5.33. The standard InChI is InChI=1S/C13H20N2O2/c1-5-7-12-14-8-10(15-12)11(6-2)17-13(16)9(3)4/h8,11H,3,5-7H2,1-2,4H3,(H,14,15). The second kappa shape index (κ2) is 6.23. The second-order valence-corrected chi connectivity index (χ2v) is 4.12. The maximum Gasteiger partial charge on any atom is 0.333 e. The number of imidazole rings is 1. The van der Waals surface area contributed by atoms with Crippen molar-refractivity contribution in [1.29, 1.82) is 0 Å². The number of H-pyrrole nitrogens is 1. The molecule has 0 fully saturated rings. The van der Waals surface area contributed by atoms with Crippen molar-refractivity contribution in [3.8, 4) is 0 Å². The van der Waals surface area contributed by atoms with E-state index >= 15 is 0 Å². The van der Waals surface area contributed by atoms with E-state index in [1.54, 1.807) is 13.1 Å². The van der Waals surface area contributed by atoms with Crippen molar-refractivity contribution >= 4 is 5.97 Å². The summed E-state index contributed by atoms with van der Waals surface area (Å²) in [5, 5.41) is 0. The molecule has 1 atom stereocenters. The molecule has 0 aliphatic rings. The van der Waals surface area contributed by atoms with E-state index in [1.807, 2.05) is 6.92 Å². The zero-order valence-electron chi connectivity index (χ0n) is 10.7. The Morgan fingerprint density at radius 1 is 1.59 bits per heavy atom. The van der Waals surface area contributed by atoms with Crippen molar-refractivity contribution < 1.29 is 9.53 Å². The van der Waals surface area contributed by atoms with Crippen LogP contribution in [0, 0.1) is 0 Å². The zero-order valence-corrected chi connectivity index (χ0v) is 10.7. The average molecular weight is 236 g/mol. The molecule has 0 aliphatic heterocycles. The van der Waals surface area contributed by atoms with Crippen LogP contribution in [0.2, 0.25) is 0 Å². The van der Waals surface area contributed by atoms with E-state index in [-0.39, 0.29) is 12.1 Å². The molecule has 0 bridgehead atoms. The lowest BCUT2D eigenvalue weighted by atomic mass is 10.2. The van der Waals surface area contributed by atoms with Gasteiger partial charge in [0.1, 0.15) is 11.9 Å². The Bertz CT molecular complexity index is 396. The van der Waals surface area contributed by atoms with Crippen LogP contribution in [0.5, 0.6) is 0 Å². The molecule has 1 N–H and O–H groups in total. The van der Waals surface area contributed by atoms with Crippen LogP contribution in [-0.4, -0.2) is 15.9 Å². The van der Waals surface area contributed by atoms with E-state index in [4.69, 9.17) is 4.74 Å². The number of ether oxygens (including phenoxy) is 1. The minimum Gasteiger partial charge on any atom is -0.453 e. The summed E-state index contributed by atoms with van der Waals surface area (Å²) in [6.07, 6.45) is 4.13. The van der Waals surface area contributed by atoms with Crippen molar-refractivity contribution in [3.05, 3.63) is 29.9 Å². The number of carbonyl (C=O) groups excluding carboxylic acids is 1. The van der Waals surface area contributed by atoms with E-state index in [2.05, 4.69) is 23.5 Å². The van der Waals surface area contributed by atoms with Gasteiger partial charge < -0.3 is 9.72 Å². The topological polar surface area (TPSA) is 55.0 Å². The van der Waals surface area contributed by atoms with Crippen LogP contribution in [0.25, 0.3) is 0 Å². The van der Waals surface area contributed by atoms with Gasteiger partial charge in [-0.1, -0.05) is 20.4 Å². The number of hydrogen-bond donors (Lipinski definition) is 1. The smallest absolute Gasteiger partial charge is 0.333 e. The predicted molar refractivity (Wildman–Crippen MR) is 66.5 cm³/mol. The highest BCUT2D eigenvalue weighted by atomic mass is 16.5. The van der Waals surface area contributed by atoms with Gasteiger partial charge in [0.25, 0.3) is 0 Å². The minimum atomic E-state index is -0.358. The molecule has 0 aliphatic carbocycles. The second-order valence-electron chi connectivity index (χ2n) is 4.12. The van der Waals surface area contributed by atoms with E-state index < -0.39 is 0 Å². The largest absolute Gasteiger partial charge is 0.453 e. The van der Waals surface area contributed by atoms with Crippen LogP contribution in [0.1, 0.15) is 51.2 Å². The first-order valence-electron chi connectivity index (χ1n) is 5.98. The summed E-state index contributed by atoms with van der Waals surface area (Å²) in [4.78, 5) is 18.9. The van der Waals surface area contributed by atoms with Crippen LogP contribution in [0.4, 0.5) is 0 Å². The van der Waals surface area contributed by atoms with Crippen molar-refractivity contribution in [2.24, 2.45) is 0 Å². The van der Waals surface area contributed by atoms with E-state index in [9.17, 15) is 4.79 Å². The molecule has 1 aromatic heterocycles. The molecular weight excluding hydrogens is 216 g/mol. The number of carbonyl (C=O) groups is 1. The van der Waals surface area contributed by atoms with Crippen molar-refractivity contribution in [2.75, 3.05) is 0 Å². The fourth-order valence-corrected chi connectivity index (χ4v) is 1.50. The van der Waals surface area contributed by atoms with Crippen molar-refractivity contribution in [2.45, 2.75) is 46.1 Å². The van der Waals surface area contributed by atoms with Crippen LogP contribution < -0.4 is 0 Å². The molecule has 4 heteroatoms. The third-order valence-electron chi connectivity index (χ3n) is 2.45. The Morgan fingerprint density at radius 3 is 2.82 bits per heavy atom. The molecule has 1 unspecified atom stereocenters. The van der Waals surface area contributed by atoms with E-state index in [0.29, 0.717) is 12.0 Å². The summed E-state index contributed by atoms with van der Waals surface area (Å²) in [6.45, 7) is 9.28. The molecule has 0 aromatic carbocycles. The molecule has 0 amide bonds. The molecule has 1 heterocycles. The van der Waals surface area contributed by atoms with Crippen molar-refractivity contribution in [3.63, 3.8) is 0 Å².